The van der Waals surface area contributed by atoms with E-state index in [1.54, 1.807) is 0 Å². The Morgan fingerprint density at radius 2 is 1.00 bits per heavy atom. The minimum atomic E-state index is -0.710. The third-order valence-electron chi connectivity index (χ3n) is 13.7. The van der Waals surface area contributed by atoms with Crippen LogP contribution in [0, 0.1) is 47.3 Å². The molecule has 0 aromatic carbocycles. The molecule has 0 unspecified atom stereocenters. The van der Waals surface area contributed by atoms with Crippen LogP contribution in [0.5, 0.6) is 0 Å². The highest BCUT2D eigenvalue weighted by atomic mass is 32.2. The van der Waals surface area contributed by atoms with E-state index in [0.29, 0.717) is 47.3 Å². The second kappa shape index (κ2) is 10.8. The Kier molecular flexibility index (Phi) is 7.61. The first-order valence-corrected chi connectivity index (χ1v) is 18.7. The maximum Gasteiger partial charge on any atom is 0.201 e. The molecule has 9 heteroatoms. The van der Waals surface area contributed by atoms with Gasteiger partial charge >= 0.3 is 0 Å². The maximum absolute atomic E-state index is 6.83. The molecule has 2 spiro atoms. The normalized spacial score (nSPS) is 58.7. The van der Waals surface area contributed by atoms with Crippen molar-refractivity contribution in [1.29, 1.82) is 0 Å². The number of thioether (sulfide) groups is 1. The molecule has 0 aromatic rings. The molecule has 10 aliphatic rings. The molecule has 8 saturated heterocycles. The zero-order valence-corrected chi connectivity index (χ0v) is 27.9. The first-order chi connectivity index (χ1) is 20.6. The van der Waals surface area contributed by atoms with Crippen LogP contribution in [0.1, 0.15) is 106 Å². The lowest BCUT2D eigenvalue weighted by atomic mass is 9.57. The monoisotopic (exact) mass is 622 g/mol. The predicted molar refractivity (Wildman–Crippen MR) is 160 cm³/mol. The number of fused-ring (bicyclic) bond motifs is 4. The van der Waals surface area contributed by atoms with Gasteiger partial charge in [-0.1, -0.05) is 27.7 Å². The summed E-state index contributed by atoms with van der Waals surface area (Å²) in [6, 6.07) is 0. The highest BCUT2D eigenvalue weighted by Gasteiger charge is 2.70. The van der Waals surface area contributed by atoms with Gasteiger partial charge in [0, 0.05) is 24.7 Å². The SMILES string of the molecule is C[C@H]1[C@@H](CCSCC[C@H]2O[C@@H]3O[C@@]4(C)CC[C@H]5[C@H](C)CC[C@@H]([C@H]2C)[C@@]35OO4)O[C@@H]2O[C@@]3(C)CC[C@H]4[C@H](C)CC[C@@H]1[C@@]24OO3. The summed E-state index contributed by atoms with van der Waals surface area (Å²) in [6.07, 6.45) is 10.4. The third kappa shape index (κ3) is 4.52. The minimum Gasteiger partial charge on any atom is -0.346 e. The lowest BCUT2D eigenvalue weighted by Crippen LogP contribution is -2.70. The summed E-state index contributed by atoms with van der Waals surface area (Å²) < 4.78 is 26.8. The Balaban J connectivity index is 0.894. The zero-order valence-electron chi connectivity index (χ0n) is 27.1. The Labute approximate surface area is 262 Å². The fraction of sp³-hybridized carbons (Fsp3) is 1.00. The average Bonchev–Trinajstić information content (AvgIpc) is 3.35. The summed E-state index contributed by atoms with van der Waals surface area (Å²) in [5.41, 5.74) is -0.937. The minimum absolute atomic E-state index is 0.174. The van der Waals surface area contributed by atoms with E-state index in [1.807, 2.05) is 25.6 Å². The van der Waals surface area contributed by atoms with E-state index >= 15 is 0 Å². The van der Waals surface area contributed by atoms with Gasteiger partial charge in [-0.05, 0) is 112 Å². The standard InChI is InChI=1S/C34H54O8S/c1-19-7-9-25-21(3)27(35-29-33(25)23(19)11-15-31(5,37-29)39-41-33)13-17-43-18-14-28-22(4)26-10-8-20(2)24-12-16-32(6)38-30(36-28)34(24,26)42-40-32/h19-30H,7-18H2,1-6H3/t19-,20-,21-,22-,23+,24+,25+,26+,27-,28-,29-,30-,31-,32-,33-,34-/m1/s1. The second-order valence-corrected chi connectivity index (χ2v) is 17.3. The van der Waals surface area contributed by atoms with Gasteiger partial charge in [0.05, 0.1) is 12.2 Å². The van der Waals surface area contributed by atoms with Gasteiger partial charge in [0.2, 0.25) is 11.6 Å². The maximum atomic E-state index is 6.83. The fourth-order valence-corrected chi connectivity index (χ4v) is 12.1. The first-order valence-electron chi connectivity index (χ1n) is 17.6. The third-order valence-corrected chi connectivity index (χ3v) is 14.7. The molecule has 10 fully saturated rings. The van der Waals surface area contributed by atoms with E-state index in [1.165, 1.54) is 12.8 Å². The summed E-state index contributed by atoms with van der Waals surface area (Å²) in [5.74, 6) is 4.37. The highest BCUT2D eigenvalue weighted by molar-refractivity contribution is 7.99. The summed E-state index contributed by atoms with van der Waals surface area (Å²) in [4.78, 5) is 24.7. The largest absolute Gasteiger partial charge is 0.346 e. The van der Waals surface area contributed by atoms with Crippen molar-refractivity contribution in [3.63, 3.8) is 0 Å². The van der Waals surface area contributed by atoms with Gasteiger partial charge in [-0.15, -0.1) is 0 Å². The predicted octanol–water partition coefficient (Wildman–Crippen LogP) is 7.00. The molecule has 2 aliphatic carbocycles. The molecule has 10 rings (SSSR count). The molecule has 8 heterocycles. The van der Waals surface area contributed by atoms with Gasteiger partial charge < -0.3 is 18.9 Å². The Morgan fingerprint density at radius 1 is 0.558 bits per heavy atom. The van der Waals surface area contributed by atoms with Crippen molar-refractivity contribution in [1.82, 2.24) is 0 Å². The molecule has 43 heavy (non-hydrogen) atoms. The molecule has 2 saturated carbocycles. The second-order valence-electron chi connectivity index (χ2n) is 16.1. The number of hydrogen-bond acceptors (Lipinski definition) is 9. The van der Waals surface area contributed by atoms with E-state index in [-0.39, 0.29) is 24.8 Å². The van der Waals surface area contributed by atoms with Gasteiger partial charge in [-0.3, -0.25) is 0 Å². The number of rotatable bonds is 6. The highest BCUT2D eigenvalue weighted by Crippen LogP contribution is 2.62. The molecule has 0 aromatic heterocycles. The molecule has 0 amide bonds. The van der Waals surface area contributed by atoms with E-state index in [0.717, 1.165) is 62.9 Å². The lowest BCUT2D eigenvalue weighted by Gasteiger charge is -2.60. The molecule has 244 valence electrons. The Bertz CT molecular complexity index is 983. The molecular weight excluding hydrogens is 568 g/mol. The summed E-state index contributed by atoms with van der Waals surface area (Å²) >= 11 is 2.03. The van der Waals surface area contributed by atoms with Crippen LogP contribution in [0.3, 0.4) is 0 Å². The molecule has 0 radical (unpaired) electrons. The summed E-state index contributed by atoms with van der Waals surface area (Å²) in [6.45, 7) is 13.5. The smallest absolute Gasteiger partial charge is 0.201 e. The van der Waals surface area contributed by atoms with Crippen LogP contribution >= 0.6 is 11.8 Å². The topological polar surface area (TPSA) is 73.8 Å². The van der Waals surface area contributed by atoms with Crippen molar-refractivity contribution < 1.29 is 38.5 Å². The van der Waals surface area contributed by atoms with E-state index in [2.05, 4.69) is 27.7 Å². The van der Waals surface area contributed by atoms with Crippen LogP contribution in [0.15, 0.2) is 0 Å². The van der Waals surface area contributed by atoms with Crippen LogP contribution in [-0.2, 0) is 38.5 Å². The van der Waals surface area contributed by atoms with Gasteiger partial charge in [0.15, 0.2) is 23.8 Å². The first kappa shape index (κ1) is 30.4. The molecule has 4 bridgehead atoms. The Morgan fingerprint density at radius 3 is 1.44 bits per heavy atom. The van der Waals surface area contributed by atoms with Crippen molar-refractivity contribution in [2.75, 3.05) is 11.5 Å². The molecule has 8 nitrogen and oxygen atoms in total. The summed E-state index contributed by atoms with van der Waals surface area (Å²) in [7, 11) is 0. The van der Waals surface area contributed by atoms with Gasteiger partial charge in [0.25, 0.3) is 0 Å². The molecule has 8 aliphatic heterocycles. The quantitative estimate of drug-likeness (QED) is 0.230. The molecule has 0 N–H and O–H groups in total. The van der Waals surface area contributed by atoms with E-state index in [9.17, 15) is 0 Å². The van der Waals surface area contributed by atoms with Crippen molar-refractivity contribution in [2.24, 2.45) is 47.3 Å². The van der Waals surface area contributed by atoms with Gasteiger partial charge in [-0.25, -0.2) is 19.6 Å². The van der Waals surface area contributed by atoms with Crippen molar-refractivity contribution in [3.05, 3.63) is 0 Å². The number of hydrogen-bond donors (Lipinski definition) is 0. The van der Waals surface area contributed by atoms with Crippen molar-refractivity contribution >= 4 is 11.8 Å². The lowest BCUT2D eigenvalue weighted by molar-refractivity contribution is -0.571. The van der Waals surface area contributed by atoms with Crippen molar-refractivity contribution in [2.45, 2.75) is 153 Å². The van der Waals surface area contributed by atoms with Crippen LogP contribution in [0.2, 0.25) is 0 Å². The van der Waals surface area contributed by atoms with Crippen LogP contribution in [0.4, 0.5) is 0 Å². The molecule has 16 atom stereocenters. The Hall–Kier alpha value is 0.0300. The van der Waals surface area contributed by atoms with Crippen molar-refractivity contribution in [3.8, 4) is 0 Å². The zero-order chi connectivity index (χ0) is 29.8. The van der Waals surface area contributed by atoms with E-state index in [4.69, 9.17) is 38.5 Å². The van der Waals surface area contributed by atoms with Crippen LogP contribution < -0.4 is 0 Å². The van der Waals surface area contributed by atoms with Gasteiger partial charge in [-0.2, -0.15) is 11.8 Å². The average molecular weight is 623 g/mol. The number of ether oxygens (including phenoxy) is 4. The van der Waals surface area contributed by atoms with Crippen LogP contribution in [-0.4, -0.2) is 59.1 Å². The van der Waals surface area contributed by atoms with Crippen LogP contribution in [0.25, 0.3) is 0 Å². The fourth-order valence-electron chi connectivity index (χ4n) is 11.1. The van der Waals surface area contributed by atoms with Gasteiger partial charge in [0.1, 0.15) is 0 Å². The summed E-state index contributed by atoms with van der Waals surface area (Å²) in [5, 5.41) is 0. The van der Waals surface area contributed by atoms with E-state index < -0.39 is 22.8 Å². The molecular formula is C34H54O8S.